The van der Waals surface area contributed by atoms with Crippen molar-refractivity contribution in [2.24, 2.45) is 0 Å². The number of carbonyl (C=O) groups is 2. The van der Waals surface area contributed by atoms with Crippen LogP contribution in [-0.2, 0) is 0 Å². The van der Waals surface area contributed by atoms with Gasteiger partial charge in [0.2, 0.25) is 0 Å². The van der Waals surface area contributed by atoms with Crippen LogP contribution in [0.5, 0.6) is 0 Å². The summed E-state index contributed by atoms with van der Waals surface area (Å²) in [6.45, 7) is 5.27. The zero-order chi connectivity index (χ0) is 19.6. The predicted molar refractivity (Wildman–Crippen MR) is 109 cm³/mol. The van der Waals surface area contributed by atoms with E-state index in [1.807, 2.05) is 36.9 Å². The molecule has 27 heavy (non-hydrogen) atoms. The Morgan fingerprint density at radius 2 is 1.70 bits per heavy atom. The molecule has 1 fully saturated rings. The highest BCUT2D eigenvalue weighted by Gasteiger charge is 2.25. The first-order valence-corrected chi connectivity index (χ1v) is 9.73. The van der Waals surface area contributed by atoms with Crippen molar-refractivity contribution in [2.45, 2.75) is 32.7 Å². The van der Waals surface area contributed by atoms with E-state index in [1.165, 1.54) is 5.56 Å². The van der Waals surface area contributed by atoms with Crippen LogP contribution in [0.25, 0.3) is 0 Å². The van der Waals surface area contributed by atoms with Crippen molar-refractivity contribution in [2.75, 3.05) is 13.1 Å². The third-order valence-corrected chi connectivity index (χ3v) is 5.59. The highest BCUT2D eigenvalue weighted by molar-refractivity contribution is 6.36. The molecule has 2 aromatic rings. The molecule has 0 aromatic heterocycles. The third-order valence-electron chi connectivity index (χ3n) is 5.05. The van der Waals surface area contributed by atoms with Crippen molar-refractivity contribution in [3.05, 3.63) is 68.7 Å². The Hall–Kier alpha value is -2.04. The zero-order valence-corrected chi connectivity index (χ0v) is 16.9. The van der Waals surface area contributed by atoms with E-state index in [0.717, 1.165) is 5.56 Å². The van der Waals surface area contributed by atoms with Crippen molar-refractivity contribution >= 4 is 35.0 Å². The topological polar surface area (TPSA) is 49.4 Å². The molecule has 0 bridgehead atoms. The molecule has 1 N–H and O–H groups in total. The molecule has 1 aliphatic rings. The molecular formula is C21H22Cl2N2O2. The lowest BCUT2D eigenvalue weighted by Gasteiger charge is -2.32. The quantitative estimate of drug-likeness (QED) is 0.809. The average molecular weight is 405 g/mol. The number of hydrogen-bond donors (Lipinski definition) is 1. The standard InChI is InChI=1S/C21H22Cl2N2O2/c1-13-3-4-15(11-14(13)2)21(27)25-9-7-17(8-10-25)24-20(26)18-6-5-16(22)12-19(18)23/h3-6,11-12,17H,7-10H2,1-2H3,(H,24,26). The second kappa shape index (κ2) is 8.32. The van der Waals surface area contributed by atoms with Crippen molar-refractivity contribution in [1.29, 1.82) is 0 Å². The van der Waals surface area contributed by atoms with Gasteiger partial charge >= 0.3 is 0 Å². The van der Waals surface area contributed by atoms with Gasteiger partial charge in [-0.25, -0.2) is 0 Å². The molecule has 6 heteroatoms. The number of halogens is 2. The Morgan fingerprint density at radius 1 is 1.00 bits per heavy atom. The fourth-order valence-electron chi connectivity index (χ4n) is 3.22. The maximum atomic E-state index is 12.7. The van der Waals surface area contributed by atoms with Gasteiger partial charge < -0.3 is 10.2 Å². The Balaban J connectivity index is 1.57. The summed E-state index contributed by atoms with van der Waals surface area (Å²) in [6.07, 6.45) is 1.43. The highest BCUT2D eigenvalue weighted by atomic mass is 35.5. The Labute approximate surface area is 169 Å². The van der Waals surface area contributed by atoms with Gasteiger partial charge in [0.15, 0.2) is 0 Å². The van der Waals surface area contributed by atoms with Gasteiger partial charge in [0.1, 0.15) is 0 Å². The van der Waals surface area contributed by atoms with E-state index in [-0.39, 0.29) is 17.9 Å². The number of piperidine rings is 1. The summed E-state index contributed by atoms with van der Waals surface area (Å²) in [5.74, 6) is -0.167. The van der Waals surface area contributed by atoms with E-state index in [2.05, 4.69) is 5.32 Å². The number of rotatable bonds is 3. The van der Waals surface area contributed by atoms with Crippen LogP contribution < -0.4 is 5.32 Å². The third kappa shape index (κ3) is 4.63. The van der Waals surface area contributed by atoms with Gasteiger partial charge in [0.05, 0.1) is 10.6 Å². The van der Waals surface area contributed by atoms with Crippen LogP contribution in [0, 0.1) is 13.8 Å². The summed E-state index contributed by atoms with van der Waals surface area (Å²) in [5, 5.41) is 3.84. The van der Waals surface area contributed by atoms with Crippen molar-refractivity contribution < 1.29 is 9.59 Å². The molecule has 0 saturated carbocycles. The van der Waals surface area contributed by atoms with Gasteiger partial charge in [0.25, 0.3) is 11.8 Å². The SMILES string of the molecule is Cc1ccc(C(=O)N2CCC(NC(=O)c3ccc(Cl)cc3Cl)CC2)cc1C. The van der Waals surface area contributed by atoms with Gasteiger partial charge in [-0.1, -0.05) is 29.3 Å². The van der Waals surface area contributed by atoms with Crippen LogP contribution in [-0.4, -0.2) is 35.8 Å². The molecule has 1 saturated heterocycles. The Bertz CT molecular complexity index is 874. The lowest BCUT2D eigenvalue weighted by molar-refractivity contribution is 0.0698. The van der Waals surface area contributed by atoms with Crippen LogP contribution in [0.2, 0.25) is 10.0 Å². The van der Waals surface area contributed by atoms with Crippen LogP contribution in [0.4, 0.5) is 0 Å². The van der Waals surface area contributed by atoms with E-state index in [4.69, 9.17) is 23.2 Å². The minimum atomic E-state index is -0.212. The van der Waals surface area contributed by atoms with Gasteiger partial charge in [-0.3, -0.25) is 9.59 Å². The van der Waals surface area contributed by atoms with E-state index in [0.29, 0.717) is 47.1 Å². The number of nitrogens with zero attached hydrogens (tertiary/aromatic N) is 1. The van der Waals surface area contributed by atoms with E-state index < -0.39 is 0 Å². The van der Waals surface area contributed by atoms with E-state index >= 15 is 0 Å². The summed E-state index contributed by atoms with van der Waals surface area (Å²) in [4.78, 5) is 27.0. The highest BCUT2D eigenvalue weighted by Crippen LogP contribution is 2.22. The number of amides is 2. The molecule has 1 aliphatic heterocycles. The molecule has 1 heterocycles. The molecule has 2 aromatic carbocycles. The smallest absolute Gasteiger partial charge is 0.253 e. The number of aryl methyl sites for hydroxylation is 2. The number of benzene rings is 2. The minimum absolute atomic E-state index is 0.0213. The lowest BCUT2D eigenvalue weighted by atomic mass is 10.0. The fraction of sp³-hybridized carbons (Fsp3) is 0.333. The summed E-state index contributed by atoms with van der Waals surface area (Å²) < 4.78 is 0. The Kier molecular flexibility index (Phi) is 6.08. The maximum absolute atomic E-state index is 12.7. The largest absolute Gasteiger partial charge is 0.349 e. The van der Waals surface area contributed by atoms with Crippen LogP contribution in [0.1, 0.15) is 44.7 Å². The first-order chi connectivity index (χ1) is 12.8. The minimum Gasteiger partial charge on any atom is -0.349 e. The molecule has 3 rings (SSSR count). The lowest BCUT2D eigenvalue weighted by Crippen LogP contribution is -2.46. The molecule has 2 amide bonds. The molecule has 4 nitrogen and oxygen atoms in total. The second-order valence-electron chi connectivity index (χ2n) is 6.96. The zero-order valence-electron chi connectivity index (χ0n) is 15.4. The monoisotopic (exact) mass is 404 g/mol. The van der Waals surface area contributed by atoms with Crippen LogP contribution >= 0.6 is 23.2 Å². The van der Waals surface area contributed by atoms with Gasteiger partial charge in [-0.05, 0) is 68.1 Å². The Morgan fingerprint density at radius 3 is 2.33 bits per heavy atom. The predicted octanol–water partition coefficient (Wildman–Crippen LogP) is 4.64. The fourth-order valence-corrected chi connectivity index (χ4v) is 3.72. The number of nitrogens with one attached hydrogen (secondary N) is 1. The van der Waals surface area contributed by atoms with Crippen LogP contribution in [0.15, 0.2) is 36.4 Å². The van der Waals surface area contributed by atoms with Crippen molar-refractivity contribution in [1.82, 2.24) is 10.2 Å². The summed E-state index contributed by atoms with van der Waals surface area (Å²) in [7, 11) is 0. The van der Waals surface area contributed by atoms with Gasteiger partial charge in [0, 0.05) is 29.7 Å². The first kappa shape index (κ1) is 19.7. The molecule has 0 aliphatic carbocycles. The molecule has 0 unspecified atom stereocenters. The number of hydrogen-bond acceptors (Lipinski definition) is 2. The normalized spacial score (nSPS) is 14.9. The molecule has 142 valence electrons. The number of likely N-dealkylation sites (tertiary alicyclic amines) is 1. The van der Waals surface area contributed by atoms with E-state index in [1.54, 1.807) is 18.2 Å². The summed E-state index contributed by atoms with van der Waals surface area (Å²) in [5.41, 5.74) is 3.42. The van der Waals surface area contributed by atoms with Crippen molar-refractivity contribution in [3.63, 3.8) is 0 Å². The van der Waals surface area contributed by atoms with Crippen molar-refractivity contribution in [3.8, 4) is 0 Å². The first-order valence-electron chi connectivity index (χ1n) is 8.97. The maximum Gasteiger partial charge on any atom is 0.253 e. The average Bonchev–Trinajstić information content (AvgIpc) is 2.64. The molecule has 0 radical (unpaired) electrons. The molecule has 0 spiro atoms. The number of carbonyl (C=O) groups excluding carboxylic acids is 2. The van der Waals surface area contributed by atoms with Gasteiger partial charge in [-0.15, -0.1) is 0 Å². The second-order valence-corrected chi connectivity index (χ2v) is 7.81. The van der Waals surface area contributed by atoms with E-state index in [9.17, 15) is 9.59 Å². The summed E-state index contributed by atoms with van der Waals surface area (Å²) >= 11 is 12.0. The van der Waals surface area contributed by atoms with Crippen LogP contribution in [0.3, 0.4) is 0 Å². The molecular weight excluding hydrogens is 383 g/mol. The van der Waals surface area contributed by atoms with Gasteiger partial charge in [-0.2, -0.15) is 0 Å². The summed E-state index contributed by atoms with van der Waals surface area (Å²) in [6, 6.07) is 10.6. The molecule has 0 atom stereocenters.